The summed E-state index contributed by atoms with van der Waals surface area (Å²) in [5, 5.41) is 4.21. The summed E-state index contributed by atoms with van der Waals surface area (Å²) in [5.74, 6) is 2.15. The zero-order valence-corrected chi connectivity index (χ0v) is 13.9. The van der Waals surface area contributed by atoms with Gasteiger partial charge in [0.25, 0.3) is 0 Å². The van der Waals surface area contributed by atoms with Gasteiger partial charge in [-0.05, 0) is 18.8 Å². The minimum absolute atomic E-state index is 0.280. The van der Waals surface area contributed by atoms with Crippen molar-refractivity contribution in [2.75, 3.05) is 6.54 Å². The number of aromatic nitrogens is 5. The largest absolute Gasteiger partial charge is 0.335 e. The van der Waals surface area contributed by atoms with Crippen LogP contribution in [0, 0.1) is 11.8 Å². The van der Waals surface area contributed by atoms with E-state index in [1.807, 2.05) is 22.0 Å². The molecule has 1 saturated carbocycles. The monoisotopic (exact) mass is 328 g/mol. The first-order valence-corrected chi connectivity index (χ1v) is 8.88. The Morgan fingerprint density at radius 2 is 2.08 bits per heavy atom. The van der Waals surface area contributed by atoms with Crippen molar-refractivity contribution in [1.82, 2.24) is 29.2 Å². The van der Waals surface area contributed by atoms with Crippen LogP contribution in [0.2, 0.25) is 0 Å². The molecule has 128 valence electrons. The Bertz CT molecular complexity index is 673. The van der Waals surface area contributed by atoms with E-state index in [-0.39, 0.29) is 5.91 Å². The predicted octanol–water partition coefficient (Wildman–Crippen LogP) is 1.71. The van der Waals surface area contributed by atoms with Crippen LogP contribution in [0.4, 0.5) is 0 Å². The van der Waals surface area contributed by atoms with Crippen LogP contribution in [-0.2, 0) is 24.4 Å². The molecule has 1 amide bonds. The number of hydrogen-bond acceptors (Lipinski definition) is 4. The molecule has 2 aromatic heterocycles. The van der Waals surface area contributed by atoms with Gasteiger partial charge in [-0.15, -0.1) is 0 Å². The van der Waals surface area contributed by atoms with E-state index in [2.05, 4.69) is 19.6 Å². The fourth-order valence-electron chi connectivity index (χ4n) is 4.03. The lowest BCUT2D eigenvalue weighted by atomic mass is 10.0. The molecule has 1 fully saturated rings. The van der Waals surface area contributed by atoms with Crippen LogP contribution in [0.1, 0.15) is 37.9 Å². The van der Waals surface area contributed by atoms with Gasteiger partial charge in [0.05, 0.1) is 6.54 Å². The normalized spacial score (nSPS) is 21.7. The van der Waals surface area contributed by atoms with Gasteiger partial charge in [0.2, 0.25) is 5.91 Å². The van der Waals surface area contributed by atoms with E-state index in [0.29, 0.717) is 24.8 Å². The zero-order chi connectivity index (χ0) is 16.4. The molecule has 7 nitrogen and oxygen atoms in total. The number of fused-ring (bicyclic) bond motifs is 1. The Labute approximate surface area is 141 Å². The van der Waals surface area contributed by atoms with Crippen LogP contribution >= 0.6 is 0 Å². The molecule has 3 heterocycles. The summed E-state index contributed by atoms with van der Waals surface area (Å²) in [6, 6.07) is 0. The van der Waals surface area contributed by atoms with Crippen LogP contribution in [0.3, 0.4) is 0 Å². The third-order valence-corrected chi connectivity index (χ3v) is 5.27. The van der Waals surface area contributed by atoms with Crippen molar-refractivity contribution in [2.45, 2.75) is 51.7 Å². The second-order valence-corrected chi connectivity index (χ2v) is 7.11. The second-order valence-electron chi connectivity index (χ2n) is 7.11. The Balaban J connectivity index is 1.49. The molecule has 0 radical (unpaired) electrons. The van der Waals surface area contributed by atoms with Gasteiger partial charge in [-0.2, -0.15) is 5.10 Å². The molecule has 24 heavy (non-hydrogen) atoms. The maximum absolute atomic E-state index is 12.8. The maximum Gasteiger partial charge on any atom is 0.223 e. The fraction of sp³-hybridized carbons (Fsp3) is 0.647. The fourth-order valence-corrected chi connectivity index (χ4v) is 4.03. The Morgan fingerprint density at radius 1 is 1.21 bits per heavy atom. The molecule has 2 aliphatic rings. The predicted molar refractivity (Wildman–Crippen MR) is 87.7 cm³/mol. The van der Waals surface area contributed by atoms with E-state index in [1.165, 1.54) is 25.7 Å². The first-order chi connectivity index (χ1) is 11.8. The summed E-state index contributed by atoms with van der Waals surface area (Å²) in [5.41, 5.74) is 0. The smallest absolute Gasteiger partial charge is 0.223 e. The molecule has 0 N–H and O–H groups in total. The Hall–Kier alpha value is -2.18. The highest BCUT2D eigenvalue weighted by molar-refractivity contribution is 5.76. The number of carbonyl (C=O) groups is 1. The van der Waals surface area contributed by atoms with Crippen molar-refractivity contribution >= 4 is 5.91 Å². The van der Waals surface area contributed by atoms with Crippen molar-refractivity contribution in [3.63, 3.8) is 0 Å². The van der Waals surface area contributed by atoms with Gasteiger partial charge < -0.3 is 9.47 Å². The van der Waals surface area contributed by atoms with Crippen LogP contribution in [0.5, 0.6) is 0 Å². The molecule has 2 aromatic rings. The van der Waals surface area contributed by atoms with E-state index < -0.39 is 0 Å². The van der Waals surface area contributed by atoms with E-state index in [4.69, 9.17) is 0 Å². The molecule has 4 rings (SSSR count). The Morgan fingerprint density at radius 3 is 2.88 bits per heavy atom. The molecule has 1 aliphatic carbocycles. The summed E-state index contributed by atoms with van der Waals surface area (Å²) >= 11 is 0. The van der Waals surface area contributed by atoms with Gasteiger partial charge in [-0.1, -0.05) is 12.8 Å². The highest BCUT2D eigenvalue weighted by Gasteiger charge is 2.28. The number of amides is 1. The molecule has 0 unspecified atom stereocenters. The molecular formula is C17H24N6O. The minimum atomic E-state index is 0.280. The maximum atomic E-state index is 12.8. The summed E-state index contributed by atoms with van der Waals surface area (Å²) in [4.78, 5) is 23.3. The third kappa shape index (κ3) is 3.34. The van der Waals surface area contributed by atoms with Crippen molar-refractivity contribution in [1.29, 1.82) is 0 Å². The topological polar surface area (TPSA) is 68.8 Å². The van der Waals surface area contributed by atoms with Crippen LogP contribution in [0.15, 0.2) is 25.0 Å². The van der Waals surface area contributed by atoms with Gasteiger partial charge in [0.15, 0.2) is 0 Å². The van der Waals surface area contributed by atoms with E-state index in [0.717, 1.165) is 25.5 Å². The van der Waals surface area contributed by atoms with Crippen molar-refractivity contribution in [3.8, 4) is 0 Å². The molecular weight excluding hydrogens is 304 g/mol. The standard InChI is InChI=1S/C17H24N6O/c24-17(7-14-3-1-2-4-14)22-9-15(10-23-13-18-12-20-23)8-21-6-5-19-16(21)11-22/h5-6,12-15H,1-4,7-11H2/t15-/m1/s1. The second kappa shape index (κ2) is 6.75. The molecule has 1 atom stereocenters. The Kier molecular flexibility index (Phi) is 4.32. The van der Waals surface area contributed by atoms with E-state index >= 15 is 0 Å². The lowest BCUT2D eigenvalue weighted by Crippen LogP contribution is -2.36. The summed E-state index contributed by atoms with van der Waals surface area (Å²) in [7, 11) is 0. The summed E-state index contributed by atoms with van der Waals surface area (Å²) < 4.78 is 4.02. The third-order valence-electron chi connectivity index (χ3n) is 5.27. The van der Waals surface area contributed by atoms with Crippen LogP contribution < -0.4 is 0 Å². The van der Waals surface area contributed by atoms with Crippen LogP contribution in [0.25, 0.3) is 0 Å². The number of carbonyl (C=O) groups excluding carboxylic acids is 1. The number of nitrogens with zero attached hydrogens (tertiary/aromatic N) is 6. The van der Waals surface area contributed by atoms with Gasteiger partial charge in [0, 0.05) is 44.4 Å². The number of imidazole rings is 1. The molecule has 0 aromatic carbocycles. The highest BCUT2D eigenvalue weighted by atomic mass is 16.2. The van der Waals surface area contributed by atoms with E-state index in [1.54, 1.807) is 12.7 Å². The summed E-state index contributed by atoms with van der Waals surface area (Å²) in [6.07, 6.45) is 12.8. The van der Waals surface area contributed by atoms with E-state index in [9.17, 15) is 4.79 Å². The van der Waals surface area contributed by atoms with Gasteiger partial charge >= 0.3 is 0 Å². The van der Waals surface area contributed by atoms with Crippen molar-refractivity contribution < 1.29 is 4.79 Å². The minimum Gasteiger partial charge on any atom is -0.335 e. The molecule has 7 heteroatoms. The lowest BCUT2D eigenvalue weighted by molar-refractivity contribution is -0.133. The molecule has 0 saturated heterocycles. The van der Waals surface area contributed by atoms with Crippen molar-refractivity contribution in [2.24, 2.45) is 11.8 Å². The lowest BCUT2D eigenvalue weighted by Gasteiger charge is -2.25. The van der Waals surface area contributed by atoms with Crippen molar-refractivity contribution in [3.05, 3.63) is 30.9 Å². The highest BCUT2D eigenvalue weighted by Crippen LogP contribution is 2.29. The van der Waals surface area contributed by atoms with Gasteiger partial charge in [0.1, 0.15) is 18.5 Å². The van der Waals surface area contributed by atoms with Crippen LogP contribution in [-0.4, -0.2) is 41.7 Å². The molecule has 0 spiro atoms. The van der Waals surface area contributed by atoms with Gasteiger partial charge in [-0.3, -0.25) is 9.48 Å². The molecule has 0 bridgehead atoms. The average molecular weight is 328 g/mol. The average Bonchev–Trinajstić information content (AvgIpc) is 3.30. The first-order valence-electron chi connectivity index (χ1n) is 8.88. The summed E-state index contributed by atoms with van der Waals surface area (Å²) in [6.45, 7) is 3.01. The number of rotatable bonds is 4. The van der Waals surface area contributed by atoms with Gasteiger partial charge in [-0.25, -0.2) is 9.97 Å². The molecule has 1 aliphatic heterocycles. The first kappa shape index (κ1) is 15.4. The zero-order valence-electron chi connectivity index (χ0n) is 13.9. The number of hydrogen-bond donors (Lipinski definition) is 0. The quantitative estimate of drug-likeness (QED) is 0.857. The SMILES string of the molecule is O=C(CC1CCCC1)N1Cc2nccn2C[C@@H](Cn2cncn2)C1.